The van der Waals surface area contributed by atoms with E-state index in [1.165, 1.54) is 12.1 Å². The van der Waals surface area contributed by atoms with Gasteiger partial charge in [0.1, 0.15) is 0 Å². The molecule has 20 heavy (non-hydrogen) atoms. The standard InChI is InChI=1S/C14H18ClN3O2/c1-2-14(5-6-17-8-14)13(20)18-11-7-9(12(16)19)3-4-10(11)15/h3-4,7,17H,2,5-6,8H2,1H3,(H2,16,19)(H,18,20). The number of benzene rings is 1. The summed E-state index contributed by atoms with van der Waals surface area (Å²) in [5.74, 6) is -0.626. The number of rotatable bonds is 4. The van der Waals surface area contributed by atoms with Gasteiger partial charge >= 0.3 is 0 Å². The lowest BCUT2D eigenvalue weighted by Crippen LogP contribution is -2.37. The van der Waals surface area contributed by atoms with Crippen molar-refractivity contribution in [3.05, 3.63) is 28.8 Å². The molecular weight excluding hydrogens is 278 g/mol. The maximum absolute atomic E-state index is 12.5. The maximum Gasteiger partial charge on any atom is 0.248 e. The molecule has 0 saturated carbocycles. The highest BCUT2D eigenvalue weighted by molar-refractivity contribution is 6.34. The lowest BCUT2D eigenvalue weighted by atomic mass is 9.83. The zero-order valence-electron chi connectivity index (χ0n) is 11.3. The SMILES string of the molecule is CCC1(C(=O)Nc2cc(C(N)=O)ccc2Cl)CCNC1. The van der Waals surface area contributed by atoms with E-state index >= 15 is 0 Å². The highest BCUT2D eigenvalue weighted by Gasteiger charge is 2.39. The first kappa shape index (κ1) is 14.8. The Morgan fingerprint density at radius 2 is 2.25 bits per heavy atom. The molecule has 2 rings (SSSR count). The molecule has 4 N–H and O–H groups in total. The topological polar surface area (TPSA) is 84.2 Å². The number of carbonyl (C=O) groups is 2. The highest BCUT2D eigenvalue weighted by atomic mass is 35.5. The third-order valence-electron chi connectivity index (χ3n) is 3.90. The Kier molecular flexibility index (Phi) is 4.30. The predicted molar refractivity (Wildman–Crippen MR) is 78.8 cm³/mol. The van der Waals surface area contributed by atoms with Gasteiger partial charge < -0.3 is 16.4 Å². The fraction of sp³-hybridized carbons (Fsp3) is 0.429. The molecule has 0 radical (unpaired) electrons. The van der Waals surface area contributed by atoms with E-state index < -0.39 is 11.3 Å². The van der Waals surface area contributed by atoms with E-state index in [9.17, 15) is 9.59 Å². The van der Waals surface area contributed by atoms with Crippen molar-refractivity contribution in [2.75, 3.05) is 18.4 Å². The second kappa shape index (κ2) is 5.81. The molecule has 1 fully saturated rings. The van der Waals surface area contributed by atoms with Gasteiger partial charge in [-0.3, -0.25) is 9.59 Å². The lowest BCUT2D eigenvalue weighted by molar-refractivity contribution is -0.124. The lowest BCUT2D eigenvalue weighted by Gasteiger charge is -2.25. The van der Waals surface area contributed by atoms with Gasteiger partial charge in [-0.05, 0) is 37.6 Å². The summed E-state index contributed by atoms with van der Waals surface area (Å²) in [5.41, 5.74) is 5.57. The molecule has 108 valence electrons. The molecule has 1 aromatic carbocycles. The Morgan fingerprint density at radius 3 is 2.80 bits per heavy atom. The summed E-state index contributed by atoms with van der Waals surface area (Å²) in [6.07, 6.45) is 1.54. The molecule has 2 amide bonds. The number of amides is 2. The first-order chi connectivity index (χ1) is 9.48. The van der Waals surface area contributed by atoms with Crippen LogP contribution in [0.4, 0.5) is 5.69 Å². The van der Waals surface area contributed by atoms with Gasteiger partial charge in [-0.15, -0.1) is 0 Å². The van der Waals surface area contributed by atoms with E-state index in [4.69, 9.17) is 17.3 Å². The number of carbonyl (C=O) groups excluding carboxylic acids is 2. The van der Waals surface area contributed by atoms with E-state index in [0.29, 0.717) is 22.8 Å². The quantitative estimate of drug-likeness (QED) is 0.791. The van der Waals surface area contributed by atoms with Crippen LogP contribution in [0.3, 0.4) is 0 Å². The van der Waals surface area contributed by atoms with Gasteiger partial charge in [0.2, 0.25) is 11.8 Å². The van der Waals surface area contributed by atoms with Crippen LogP contribution in [0.25, 0.3) is 0 Å². The molecular formula is C14H18ClN3O2. The maximum atomic E-state index is 12.5. The molecule has 0 aliphatic carbocycles. The molecule has 1 unspecified atom stereocenters. The minimum Gasteiger partial charge on any atom is -0.366 e. The van der Waals surface area contributed by atoms with Gasteiger partial charge in [0.15, 0.2) is 0 Å². The Labute approximate surface area is 122 Å². The Hall–Kier alpha value is -1.59. The predicted octanol–water partition coefficient (Wildman–Crippen LogP) is 1.77. The molecule has 1 aliphatic heterocycles. The Bertz CT molecular complexity index is 539. The van der Waals surface area contributed by atoms with Gasteiger partial charge in [0.25, 0.3) is 0 Å². The minimum absolute atomic E-state index is 0.0754. The molecule has 1 atom stereocenters. The summed E-state index contributed by atoms with van der Waals surface area (Å²) in [4.78, 5) is 23.7. The van der Waals surface area contributed by atoms with Crippen molar-refractivity contribution in [2.45, 2.75) is 19.8 Å². The molecule has 1 aliphatic rings. The number of nitrogens with one attached hydrogen (secondary N) is 2. The number of hydrogen-bond acceptors (Lipinski definition) is 3. The van der Waals surface area contributed by atoms with E-state index in [-0.39, 0.29) is 5.91 Å². The van der Waals surface area contributed by atoms with Crippen LogP contribution in [-0.4, -0.2) is 24.9 Å². The van der Waals surface area contributed by atoms with E-state index in [0.717, 1.165) is 19.4 Å². The fourth-order valence-corrected chi connectivity index (χ4v) is 2.59. The van der Waals surface area contributed by atoms with Crippen LogP contribution in [0.15, 0.2) is 18.2 Å². The van der Waals surface area contributed by atoms with Crippen LogP contribution < -0.4 is 16.4 Å². The third-order valence-corrected chi connectivity index (χ3v) is 4.23. The van der Waals surface area contributed by atoms with Crippen LogP contribution in [0.5, 0.6) is 0 Å². The van der Waals surface area contributed by atoms with Crippen LogP contribution in [0.1, 0.15) is 30.1 Å². The van der Waals surface area contributed by atoms with Crippen molar-refractivity contribution >= 4 is 29.1 Å². The average molecular weight is 296 g/mol. The second-order valence-electron chi connectivity index (χ2n) is 5.07. The Morgan fingerprint density at radius 1 is 1.50 bits per heavy atom. The number of halogens is 1. The van der Waals surface area contributed by atoms with Crippen molar-refractivity contribution in [2.24, 2.45) is 11.1 Å². The third kappa shape index (κ3) is 2.78. The number of primary amides is 1. The van der Waals surface area contributed by atoms with Crippen LogP contribution in [0.2, 0.25) is 5.02 Å². The van der Waals surface area contributed by atoms with Crippen molar-refractivity contribution in [3.63, 3.8) is 0 Å². The molecule has 1 aromatic rings. The Balaban J connectivity index is 2.23. The van der Waals surface area contributed by atoms with Crippen molar-refractivity contribution in [1.82, 2.24) is 5.32 Å². The van der Waals surface area contributed by atoms with Gasteiger partial charge in [-0.2, -0.15) is 0 Å². The van der Waals surface area contributed by atoms with Gasteiger partial charge in [0, 0.05) is 12.1 Å². The molecule has 0 bridgehead atoms. The zero-order chi connectivity index (χ0) is 14.8. The first-order valence-corrected chi connectivity index (χ1v) is 6.98. The molecule has 6 heteroatoms. The monoisotopic (exact) mass is 295 g/mol. The van der Waals surface area contributed by atoms with E-state index in [1.54, 1.807) is 6.07 Å². The summed E-state index contributed by atoms with van der Waals surface area (Å²) in [7, 11) is 0. The smallest absolute Gasteiger partial charge is 0.248 e. The number of anilines is 1. The van der Waals surface area contributed by atoms with Crippen LogP contribution >= 0.6 is 11.6 Å². The second-order valence-corrected chi connectivity index (χ2v) is 5.48. The van der Waals surface area contributed by atoms with Crippen molar-refractivity contribution in [3.8, 4) is 0 Å². The number of hydrogen-bond donors (Lipinski definition) is 3. The van der Waals surface area contributed by atoms with Crippen LogP contribution in [0, 0.1) is 5.41 Å². The highest BCUT2D eigenvalue weighted by Crippen LogP contribution is 2.32. The number of nitrogens with two attached hydrogens (primary N) is 1. The van der Waals surface area contributed by atoms with Crippen molar-refractivity contribution in [1.29, 1.82) is 0 Å². The van der Waals surface area contributed by atoms with Gasteiger partial charge in [-0.1, -0.05) is 18.5 Å². The van der Waals surface area contributed by atoms with Gasteiger partial charge in [-0.25, -0.2) is 0 Å². The summed E-state index contributed by atoms with van der Waals surface area (Å²) in [6.45, 7) is 3.48. The first-order valence-electron chi connectivity index (χ1n) is 6.60. The normalized spacial score (nSPS) is 21.7. The summed E-state index contributed by atoms with van der Waals surface area (Å²) in [5, 5.41) is 6.42. The van der Waals surface area contributed by atoms with Crippen molar-refractivity contribution < 1.29 is 9.59 Å². The average Bonchev–Trinajstić information content (AvgIpc) is 2.91. The molecule has 0 spiro atoms. The van der Waals surface area contributed by atoms with Gasteiger partial charge in [0.05, 0.1) is 16.1 Å². The largest absolute Gasteiger partial charge is 0.366 e. The molecule has 0 aromatic heterocycles. The fourth-order valence-electron chi connectivity index (χ4n) is 2.43. The summed E-state index contributed by atoms with van der Waals surface area (Å²) < 4.78 is 0. The molecule has 5 nitrogen and oxygen atoms in total. The summed E-state index contributed by atoms with van der Waals surface area (Å²) in [6, 6.07) is 4.60. The summed E-state index contributed by atoms with van der Waals surface area (Å²) >= 11 is 6.06. The zero-order valence-corrected chi connectivity index (χ0v) is 12.1. The van der Waals surface area contributed by atoms with E-state index in [1.807, 2.05) is 6.92 Å². The van der Waals surface area contributed by atoms with E-state index in [2.05, 4.69) is 10.6 Å². The minimum atomic E-state index is -0.551. The van der Waals surface area contributed by atoms with Crippen LogP contribution in [-0.2, 0) is 4.79 Å². The molecule has 1 heterocycles. The molecule has 1 saturated heterocycles.